The fraction of sp³-hybridized carbons (Fsp3) is 0.367. The molecule has 0 spiro atoms. The zero-order valence-electron chi connectivity index (χ0n) is 24.2. The van der Waals surface area contributed by atoms with Crippen LogP contribution in [0.4, 0.5) is 11.6 Å². The minimum absolute atomic E-state index is 0.0192. The summed E-state index contributed by atoms with van der Waals surface area (Å²) in [4.78, 5) is 48.9. The molecule has 5 rings (SSSR count). The second kappa shape index (κ2) is 12.9. The SMILES string of the molecule is CNC(=O)C1CCN(S(=O)(=O)c2ccc(-c3ccnc(Nc4ccc(C(=O)N5CCN(C(C)=O)CC5)cc4)n3)cc2)CC1. The molecule has 2 N–H and O–H groups in total. The van der Waals surface area contributed by atoms with Crippen molar-refractivity contribution >= 4 is 39.4 Å². The molecule has 0 saturated carbocycles. The molecule has 0 unspecified atom stereocenters. The summed E-state index contributed by atoms with van der Waals surface area (Å²) >= 11 is 0. The van der Waals surface area contributed by atoms with Gasteiger partial charge in [-0.15, -0.1) is 0 Å². The van der Waals surface area contributed by atoms with Crippen molar-refractivity contribution in [3.63, 3.8) is 0 Å². The molecule has 12 nitrogen and oxygen atoms in total. The Morgan fingerprint density at radius 2 is 1.47 bits per heavy atom. The van der Waals surface area contributed by atoms with E-state index in [-0.39, 0.29) is 28.5 Å². The molecule has 1 aromatic heterocycles. The first kappa shape index (κ1) is 30.1. The van der Waals surface area contributed by atoms with E-state index in [4.69, 9.17) is 0 Å². The van der Waals surface area contributed by atoms with Gasteiger partial charge in [0.1, 0.15) is 0 Å². The van der Waals surface area contributed by atoms with E-state index in [0.717, 1.165) is 5.56 Å². The van der Waals surface area contributed by atoms with Crippen molar-refractivity contribution in [2.45, 2.75) is 24.7 Å². The molecule has 226 valence electrons. The molecule has 3 aromatic rings. The molecule has 2 aromatic carbocycles. The van der Waals surface area contributed by atoms with Crippen LogP contribution in [0.3, 0.4) is 0 Å². The highest BCUT2D eigenvalue weighted by molar-refractivity contribution is 7.89. The first-order valence-electron chi connectivity index (χ1n) is 14.2. The molecule has 0 radical (unpaired) electrons. The van der Waals surface area contributed by atoms with Gasteiger partial charge < -0.3 is 20.4 Å². The van der Waals surface area contributed by atoms with Gasteiger partial charge in [-0.2, -0.15) is 4.31 Å². The van der Waals surface area contributed by atoms with Gasteiger partial charge in [0.2, 0.25) is 27.8 Å². The molecule has 3 heterocycles. The molecule has 0 atom stereocenters. The van der Waals surface area contributed by atoms with Gasteiger partial charge in [-0.05, 0) is 55.3 Å². The number of piperazine rings is 1. The van der Waals surface area contributed by atoms with Crippen LogP contribution < -0.4 is 10.6 Å². The Kier molecular flexibility index (Phi) is 9.02. The van der Waals surface area contributed by atoms with E-state index >= 15 is 0 Å². The number of nitrogens with one attached hydrogen (secondary N) is 2. The second-order valence-corrected chi connectivity index (χ2v) is 12.5. The third-order valence-electron chi connectivity index (χ3n) is 7.91. The summed E-state index contributed by atoms with van der Waals surface area (Å²) in [5.41, 5.74) is 2.61. The predicted octanol–water partition coefficient (Wildman–Crippen LogP) is 2.34. The Bertz CT molecular complexity index is 1580. The number of rotatable bonds is 7. The summed E-state index contributed by atoms with van der Waals surface area (Å²) in [6, 6.07) is 15.4. The van der Waals surface area contributed by atoms with Crippen LogP contribution in [0.15, 0.2) is 65.7 Å². The van der Waals surface area contributed by atoms with Crippen molar-refractivity contribution in [2.75, 3.05) is 51.6 Å². The Morgan fingerprint density at radius 1 is 0.837 bits per heavy atom. The van der Waals surface area contributed by atoms with Gasteiger partial charge in [-0.3, -0.25) is 14.4 Å². The number of hydrogen-bond donors (Lipinski definition) is 2. The number of carbonyl (C=O) groups is 3. The summed E-state index contributed by atoms with van der Waals surface area (Å²) in [5.74, 6) is 0.0789. The van der Waals surface area contributed by atoms with Crippen LogP contribution in [0.5, 0.6) is 0 Å². The molecule has 3 amide bonds. The number of nitrogens with zero attached hydrogens (tertiary/aromatic N) is 5. The van der Waals surface area contributed by atoms with Gasteiger partial charge in [0.05, 0.1) is 10.6 Å². The number of aromatic nitrogens is 2. The molecule has 13 heteroatoms. The molecule has 0 bridgehead atoms. The molecule has 2 saturated heterocycles. The predicted molar refractivity (Wildman–Crippen MR) is 161 cm³/mol. The van der Waals surface area contributed by atoms with Crippen LogP contribution in [0.2, 0.25) is 0 Å². The largest absolute Gasteiger partial charge is 0.359 e. The third-order valence-corrected chi connectivity index (χ3v) is 9.83. The summed E-state index contributed by atoms with van der Waals surface area (Å²) < 4.78 is 27.8. The summed E-state index contributed by atoms with van der Waals surface area (Å²) in [5, 5.41) is 5.79. The van der Waals surface area contributed by atoms with Crippen molar-refractivity contribution in [1.29, 1.82) is 0 Å². The minimum Gasteiger partial charge on any atom is -0.359 e. The van der Waals surface area contributed by atoms with E-state index in [9.17, 15) is 22.8 Å². The minimum atomic E-state index is -3.67. The van der Waals surface area contributed by atoms with Gasteiger partial charge in [-0.1, -0.05) is 12.1 Å². The maximum absolute atomic E-state index is 13.2. The average molecular weight is 606 g/mol. The Labute approximate surface area is 251 Å². The van der Waals surface area contributed by atoms with Crippen LogP contribution >= 0.6 is 0 Å². The van der Waals surface area contributed by atoms with Crippen molar-refractivity contribution < 1.29 is 22.8 Å². The Morgan fingerprint density at radius 3 is 2.07 bits per heavy atom. The number of hydrogen-bond acceptors (Lipinski definition) is 8. The number of amides is 3. The lowest BCUT2D eigenvalue weighted by atomic mass is 9.97. The molecule has 0 aliphatic carbocycles. The number of sulfonamides is 1. The number of benzene rings is 2. The topological polar surface area (TPSA) is 145 Å². The van der Waals surface area contributed by atoms with E-state index in [0.29, 0.717) is 75.0 Å². The fourth-order valence-corrected chi connectivity index (χ4v) is 6.79. The molecule has 2 aliphatic rings. The number of carbonyl (C=O) groups excluding carboxylic acids is 3. The van der Waals surface area contributed by atoms with Crippen molar-refractivity contribution in [1.82, 2.24) is 29.4 Å². The molecular weight excluding hydrogens is 570 g/mol. The standard InChI is InChI=1S/C30H35N7O5S/c1-21(38)35-17-19-36(20-18-35)29(40)24-3-7-25(8-4-24)33-30-32-14-11-27(34-30)22-5-9-26(10-6-22)43(41,42)37-15-12-23(13-16-37)28(39)31-2/h3-11,14,23H,12-13,15-20H2,1-2H3,(H,31,39)(H,32,33,34). The third kappa shape index (κ3) is 6.83. The van der Waals surface area contributed by atoms with Gasteiger partial charge in [0.15, 0.2) is 0 Å². The van der Waals surface area contributed by atoms with E-state index < -0.39 is 10.0 Å². The summed E-state index contributed by atoms with van der Waals surface area (Å²) in [6.07, 6.45) is 2.60. The smallest absolute Gasteiger partial charge is 0.253 e. The van der Waals surface area contributed by atoms with Gasteiger partial charge in [-0.25, -0.2) is 18.4 Å². The van der Waals surface area contributed by atoms with E-state index in [1.54, 1.807) is 77.6 Å². The zero-order valence-corrected chi connectivity index (χ0v) is 25.0. The number of piperidine rings is 1. The van der Waals surface area contributed by atoms with Crippen LogP contribution in [0.1, 0.15) is 30.1 Å². The van der Waals surface area contributed by atoms with Crippen LogP contribution in [0, 0.1) is 5.92 Å². The van der Waals surface area contributed by atoms with E-state index in [2.05, 4.69) is 20.6 Å². The first-order valence-corrected chi connectivity index (χ1v) is 15.7. The molecular formula is C30H35N7O5S. The highest BCUT2D eigenvalue weighted by Crippen LogP contribution is 2.26. The summed E-state index contributed by atoms with van der Waals surface area (Å²) in [6.45, 7) is 4.22. The maximum atomic E-state index is 13.2. The molecule has 2 fully saturated rings. The second-order valence-electron chi connectivity index (χ2n) is 10.6. The first-order chi connectivity index (χ1) is 20.7. The Hall–Kier alpha value is -4.36. The monoisotopic (exact) mass is 605 g/mol. The van der Waals surface area contributed by atoms with Crippen LogP contribution in [0.25, 0.3) is 11.3 Å². The lowest BCUT2D eigenvalue weighted by molar-refractivity contribution is -0.130. The van der Waals surface area contributed by atoms with Crippen LogP contribution in [-0.4, -0.2) is 96.5 Å². The quantitative estimate of drug-likeness (QED) is 0.418. The fourth-order valence-electron chi connectivity index (χ4n) is 5.32. The normalized spacial score (nSPS) is 16.5. The maximum Gasteiger partial charge on any atom is 0.253 e. The Balaban J connectivity index is 1.20. The lowest BCUT2D eigenvalue weighted by Gasteiger charge is -2.34. The lowest BCUT2D eigenvalue weighted by Crippen LogP contribution is -2.50. The highest BCUT2D eigenvalue weighted by atomic mass is 32.2. The van der Waals surface area contributed by atoms with Gasteiger partial charge >= 0.3 is 0 Å². The van der Waals surface area contributed by atoms with Crippen molar-refractivity contribution in [3.8, 4) is 11.3 Å². The van der Waals surface area contributed by atoms with E-state index in [1.807, 2.05) is 0 Å². The number of anilines is 2. The van der Waals surface area contributed by atoms with Crippen LogP contribution in [-0.2, 0) is 19.6 Å². The summed E-state index contributed by atoms with van der Waals surface area (Å²) in [7, 11) is -2.08. The van der Waals surface area contributed by atoms with Crippen molar-refractivity contribution in [3.05, 3.63) is 66.4 Å². The zero-order chi connectivity index (χ0) is 30.6. The van der Waals surface area contributed by atoms with Gasteiger partial charge in [0, 0.05) is 82.2 Å². The average Bonchev–Trinajstić information content (AvgIpc) is 3.04. The highest BCUT2D eigenvalue weighted by Gasteiger charge is 2.31. The molecule has 2 aliphatic heterocycles. The van der Waals surface area contributed by atoms with Crippen molar-refractivity contribution in [2.24, 2.45) is 5.92 Å². The van der Waals surface area contributed by atoms with Gasteiger partial charge in [0.25, 0.3) is 5.91 Å². The van der Waals surface area contributed by atoms with E-state index in [1.165, 1.54) is 11.2 Å². The molecule has 43 heavy (non-hydrogen) atoms.